The summed E-state index contributed by atoms with van der Waals surface area (Å²) in [6, 6.07) is -17.5. The molecule has 16 amide bonds. The van der Waals surface area contributed by atoms with Gasteiger partial charge in [0.25, 0.3) is 0 Å². The van der Waals surface area contributed by atoms with Crippen molar-refractivity contribution in [3.05, 3.63) is 0 Å². The van der Waals surface area contributed by atoms with Crippen molar-refractivity contribution in [1.29, 1.82) is 0 Å². The van der Waals surface area contributed by atoms with E-state index in [0.29, 0.717) is 0 Å². The van der Waals surface area contributed by atoms with Gasteiger partial charge in [-0.25, -0.2) is 0 Å². The van der Waals surface area contributed by atoms with E-state index in [9.17, 15) is 76.7 Å². The molecule has 0 bridgehead atoms. The van der Waals surface area contributed by atoms with Gasteiger partial charge in [0.2, 0.25) is 94.5 Å². The van der Waals surface area contributed by atoms with Gasteiger partial charge in [-0.15, -0.1) is 0 Å². The topological polar surface area (TPSA) is 466 Å². The maximum absolute atomic E-state index is 12.9. The molecular weight excluding hydrogens is 1060 g/mol. The molecule has 15 atom stereocenters. The van der Waals surface area contributed by atoms with Crippen LogP contribution in [0.4, 0.5) is 0 Å². The molecule has 0 saturated carbocycles. The van der Waals surface area contributed by atoms with Crippen LogP contribution in [0.15, 0.2) is 0 Å². The first-order valence-electron chi connectivity index (χ1n) is 25.6. The van der Waals surface area contributed by atoms with Gasteiger partial charge >= 0.3 is 0 Å². The number of hydrogen-bond acceptors (Lipinski definition) is 16. The molecule has 0 radical (unpaired) electrons. The third-order valence-corrected chi connectivity index (χ3v) is 11.6. The van der Waals surface area contributed by atoms with Crippen LogP contribution in [-0.2, 0) is 76.7 Å². The number of likely N-dealkylation sites (N-methyl/N-ethyl adjacent to an activating group) is 1. The minimum Gasteiger partial charge on any atom is -0.357 e. The molecule has 32 heteroatoms. The standard InChI is InChI=1S/C48H82N16O16/c1-18(34(66)49-17)51-36(68)20(3)53-38(70)22(5)55-40(72)24(7)57-42(74)26(9)59-44(76)28(11)61-46(78)30(13)63-48(80)32(15)64-47(79)31(14)62-45(77)29(12)60-43(75)27(10)58-41(73)25(8)56-39(71)23(6)54-37(69)21(4)52-35(67)19(2)50-33(16)65/h18-32H,1-17H3,(H,49,66)(H,50,65)(H,51,68)(H,52,67)(H,53,70)(H,54,69)(H,55,72)(H,56,71)(H,57,74)(H,58,73)(H,59,76)(H,60,75)(H,61,78)(H,62,77)(H,63,80)(H,64,79)/t18-,19-,20-,21-,22-,23-,24-,25-,26-,27-,28-,29-,30-,31-,32-/m0/s1. The monoisotopic (exact) mass is 1140 g/mol. The van der Waals surface area contributed by atoms with Gasteiger partial charge in [-0.1, -0.05) is 0 Å². The first kappa shape index (κ1) is 71.5. The van der Waals surface area contributed by atoms with E-state index in [-0.39, 0.29) is 0 Å². The van der Waals surface area contributed by atoms with Crippen molar-refractivity contribution >= 4 is 94.5 Å². The van der Waals surface area contributed by atoms with E-state index >= 15 is 0 Å². The zero-order chi connectivity index (χ0) is 62.2. The third-order valence-electron chi connectivity index (χ3n) is 11.6. The highest BCUT2D eigenvalue weighted by atomic mass is 16.2. The largest absolute Gasteiger partial charge is 0.357 e. The first-order valence-corrected chi connectivity index (χ1v) is 25.6. The fraction of sp³-hybridized carbons (Fsp3) is 0.667. The number of carbonyl (C=O) groups is 16. The van der Waals surface area contributed by atoms with E-state index in [4.69, 9.17) is 0 Å². The van der Waals surface area contributed by atoms with Gasteiger partial charge in [0.1, 0.15) is 90.6 Å². The van der Waals surface area contributed by atoms with Crippen LogP contribution in [0.3, 0.4) is 0 Å². The quantitative estimate of drug-likeness (QED) is 0.0318. The van der Waals surface area contributed by atoms with Gasteiger partial charge in [-0.3, -0.25) is 76.7 Å². The van der Waals surface area contributed by atoms with E-state index in [1.807, 2.05) is 0 Å². The summed E-state index contributed by atoms with van der Waals surface area (Å²) in [7, 11) is 1.39. The lowest BCUT2D eigenvalue weighted by molar-refractivity contribution is -0.135. The second-order valence-electron chi connectivity index (χ2n) is 19.3. The summed E-state index contributed by atoms with van der Waals surface area (Å²) in [5.41, 5.74) is 0. The summed E-state index contributed by atoms with van der Waals surface area (Å²) in [6.07, 6.45) is 0. The molecule has 0 rings (SSSR count). The molecule has 0 heterocycles. The fourth-order valence-corrected chi connectivity index (χ4v) is 6.24. The Morgan fingerprint density at radius 3 is 0.350 bits per heavy atom. The Labute approximate surface area is 463 Å². The van der Waals surface area contributed by atoms with Gasteiger partial charge < -0.3 is 85.1 Å². The molecule has 0 spiro atoms. The van der Waals surface area contributed by atoms with Gasteiger partial charge in [-0.2, -0.15) is 0 Å². The van der Waals surface area contributed by atoms with Crippen molar-refractivity contribution in [2.45, 2.75) is 201 Å². The Kier molecular flexibility index (Phi) is 30.2. The molecule has 16 N–H and O–H groups in total. The molecular formula is C48H82N16O16. The van der Waals surface area contributed by atoms with Gasteiger partial charge in [0, 0.05) is 14.0 Å². The van der Waals surface area contributed by atoms with Crippen LogP contribution in [0.1, 0.15) is 111 Å². The third kappa shape index (κ3) is 25.3. The van der Waals surface area contributed by atoms with Gasteiger partial charge in [0.15, 0.2) is 0 Å². The van der Waals surface area contributed by atoms with Crippen molar-refractivity contribution < 1.29 is 76.7 Å². The Bertz CT molecular complexity index is 2340. The van der Waals surface area contributed by atoms with E-state index in [2.05, 4.69) is 85.1 Å². The molecule has 0 unspecified atom stereocenters. The van der Waals surface area contributed by atoms with Crippen LogP contribution in [0.25, 0.3) is 0 Å². The zero-order valence-electron chi connectivity index (χ0n) is 48.2. The Hall–Kier alpha value is -8.48. The number of rotatable bonds is 30. The predicted molar refractivity (Wildman–Crippen MR) is 284 cm³/mol. The lowest BCUT2D eigenvalue weighted by Gasteiger charge is -2.24. The molecule has 0 aromatic carbocycles. The number of nitrogens with one attached hydrogen (secondary N) is 16. The summed E-state index contributed by atoms with van der Waals surface area (Å²) in [5.74, 6) is -11.8. The van der Waals surface area contributed by atoms with Crippen LogP contribution in [0, 0.1) is 0 Å². The molecule has 0 aliphatic heterocycles. The SMILES string of the molecule is CNC(=O)[C@H](C)NC(=O)[C@H](C)NC(=O)[C@H](C)NC(=O)[C@H](C)NC(=O)[C@H](C)NC(=O)[C@H](C)NC(=O)[C@H](C)NC(=O)[C@H](C)NC(=O)[C@H](C)NC(=O)[C@H](C)NC(=O)[C@H](C)NC(=O)[C@H](C)NC(=O)[C@H](C)NC(=O)[C@H](C)NC(=O)[C@H](C)NC(C)=O. The molecule has 80 heavy (non-hydrogen) atoms. The van der Waals surface area contributed by atoms with E-state index in [0.717, 1.165) is 0 Å². The Morgan fingerprint density at radius 1 is 0.175 bits per heavy atom. The molecule has 0 aliphatic carbocycles. The van der Waals surface area contributed by atoms with Crippen molar-refractivity contribution in [3.8, 4) is 0 Å². The highest BCUT2D eigenvalue weighted by Gasteiger charge is 2.32. The minimum atomic E-state index is -1.26. The molecule has 0 saturated heterocycles. The Morgan fingerprint density at radius 2 is 0.263 bits per heavy atom. The summed E-state index contributed by atoms with van der Waals surface area (Å²) >= 11 is 0. The average Bonchev–Trinajstić information content (AvgIpc) is 3.36. The van der Waals surface area contributed by atoms with Gasteiger partial charge in [0.05, 0.1) is 0 Å². The zero-order valence-corrected chi connectivity index (χ0v) is 48.2. The van der Waals surface area contributed by atoms with Crippen LogP contribution in [0.5, 0.6) is 0 Å². The normalized spacial score (nSPS) is 16.4. The predicted octanol–water partition coefficient (Wildman–Crippen LogP) is -7.68. The maximum atomic E-state index is 12.9. The molecule has 0 aromatic heterocycles. The number of carbonyl (C=O) groups excluding carboxylic acids is 16. The molecule has 450 valence electrons. The molecule has 0 fully saturated rings. The first-order chi connectivity index (χ1) is 36.8. The van der Waals surface area contributed by atoms with Gasteiger partial charge in [-0.05, 0) is 104 Å². The molecule has 32 nitrogen and oxygen atoms in total. The minimum absolute atomic E-state index is 0.452. The molecule has 0 aromatic rings. The van der Waals surface area contributed by atoms with Crippen LogP contribution in [-0.4, -0.2) is 192 Å². The summed E-state index contributed by atoms with van der Waals surface area (Å²) in [6.45, 7) is 21.1. The van der Waals surface area contributed by atoms with E-state index in [1.165, 1.54) is 118 Å². The van der Waals surface area contributed by atoms with Crippen LogP contribution < -0.4 is 85.1 Å². The van der Waals surface area contributed by atoms with E-state index in [1.54, 1.807) is 0 Å². The maximum Gasteiger partial charge on any atom is 0.242 e. The number of amides is 16. The lowest BCUT2D eigenvalue weighted by atomic mass is 10.2. The smallest absolute Gasteiger partial charge is 0.242 e. The Balaban J connectivity index is 4.98. The number of hydrogen-bond donors (Lipinski definition) is 16. The summed E-state index contributed by atoms with van der Waals surface area (Å²) in [4.78, 5) is 201. The van der Waals surface area contributed by atoms with Crippen molar-refractivity contribution in [2.75, 3.05) is 7.05 Å². The summed E-state index contributed by atoms with van der Waals surface area (Å²) in [5, 5.41) is 38.2. The highest BCUT2D eigenvalue weighted by Crippen LogP contribution is 1.99. The lowest BCUT2D eigenvalue weighted by Crippen LogP contribution is -2.59. The fourth-order valence-electron chi connectivity index (χ4n) is 6.24. The second-order valence-corrected chi connectivity index (χ2v) is 19.3. The van der Waals surface area contributed by atoms with Crippen molar-refractivity contribution in [2.24, 2.45) is 0 Å². The van der Waals surface area contributed by atoms with E-state index < -0.39 is 185 Å². The van der Waals surface area contributed by atoms with Crippen molar-refractivity contribution in [1.82, 2.24) is 85.1 Å². The van der Waals surface area contributed by atoms with Crippen molar-refractivity contribution in [3.63, 3.8) is 0 Å². The van der Waals surface area contributed by atoms with Crippen LogP contribution in [0.2, 0.25) is 0 Å². The second kappa shape index (κ2) is 33.7. The molecule has 0 aliphatic rings. The average molecular weight is 1140 g/mol. The van der Waals surface area contributed by atoms with Crippen LogP contribution >= 0.6 is 0 Å². The summed E-state index contributed by atoms with van der Waals surface area (Å²) < 4.78 is 0. The highest BCUT2D eigenvalue weighted by molar-refractivity contribution is 6.00.